The van der Waals surface area contributed by atoms with Crippen molar-refractivity contribution in [3.63, 3.8) is 0 Å². The number of hydrogen-bond donors (Lipinski definition) is 2. The molecular weight excluding hydrogens is 401 g/mol. The lowest BCUT2D eigenvalue weighted by Crippen LogP contribution is -2.39. The van der Waals surface area contributed by atoms with Crippen molar-refractivity contribution in [1.82, 2.24) is 10.2 Å². The Bertz CT molecular complexity index is 464. The van der Waals surface area contributed by atoms with E-state index in [1.165, 1.54) is 12.8 Å². The molecule has 1 unspecified atom stereocenters. The first-order chi connectivity index (χ1) is 9.72. The fraction of sp³-hybridized carbons (Fsp3) is 0.533. The molecule has 1 heterocycles. The first-order valence-corrected chi connectivity index (χ1v) is 7.56. The number of aliphatic hydroxyl groups is 1. The zero-order valence-electron chi connectivity index (χ0n) is 12.3. The van der Waals surface area contributed by atoms with Gasteiger partial charge in [0.25, 0.3) is 0 Å². The van der Waals surface area contributed by atoms with Crippen molar-refractivity contribution in [2.45, 2.75) is 25.9 Å². The zero-order chi connectivity index (χ0) is 14.4. The van der Waals surface area contributed by atoms with Crippen LogP contribution in [-0.2, 0) is 0 Å². The summed E-state index contributed by atoms with van der Waals surface area (Å²) in [6.07, 6.45) is 1.74. The van der Waals surface area contributed by atoms with Crippen molar-refractivity contribution < 1.29 is 5.11 Å². The van der Waals surface area contributed by atoms with Crippen LogP contribution in [0.25, 0.3) is 0 Å². The molecule has 1 saturated heterocycles. The molecule has 1 atom stereocenters. The number of nitrogens with zero attached hydrogens (tertiary/aromatic N) is 2. The van der Waals surface area contributed by atoms with Crippen LogP contribution in [0.15, 0.2) is 29.3 Å². The number of aliphatic hydroxyl groups excluding tert-OH is 1. The average Bonchev–Trinajstić information content (AvgIpc) is 2.97. The largest absolute Gasteiger partial charge is 0.386 e. The van der Waals surface area contributed by atoms with Gasteiger partial charge >= 0.3 is 0 Å². The third kappa shape index (κ3) is 5.30. The normalized spacial score (nSPS) is 16.5. The molecule has 0 amide bonds. The molecule has 1 aliphatic rings. The molecule has 0 spiro atoms. The van der Waals surface area contributed by atoms with Crippen LogP contribution in [0.3, 0.4) is 0 Å². The van der Waals surface area contributed by atoms with Crippen molar-refractivity contribution in [1.29, 1.82) is 0 Å². The van der Waals surface area contributed by atoms with Crippen molar-refractivity contribution in [3.8, 4) is 0 Å². The van der Waals surface area contributed by atoms with E-state index in [0.29, 0.717) is 11.6 Å². The quantitative estimate of drug-likeness (QED) is 0.444. The molecule has 0 bridgehead atoms. The molecule has 1 aromatic carbocycles. The third-order valence-electron chi connectivity index (χ3n) is 3.42. The lowest BCUT2D eigenvalue weighted by molar-refractivity contribution is 0.187. The number of guanidine groups is 1. The average molecular weight is 424 g/mol. The van der Waals surface area contributed by atoms with Gasteiger partial charge < -0.3 is 15.3 Å². The van der Waals surface area contributed by atoms with Crippen LogP contribution in [-0.4, -0.2) is 42.1 Å². The van der Waals surface area contributed by atoms with E-state index in [2.05, 4.69) is 22.1 Å². The molecule has 118 valence electrons. The standard InChI is InChI=1S/C15H22ClN3O.HI/c1-2-17-15(19-9-5-6-10-19)18-11-14(20)12-7-3-4-8-13(12)16;/h3-4,7-8,14,20H,2,5-6,9-11H2,1H3,(H,17,18);1H. The van der Waals surface area contributed by atoms with Gasteiger partial charge in [-0.25, -0.2) is 0 Å². The molecule has 1 aliphatic heterocycles. The fourth-order valence-corrected chi connectivity index (χ4v) is 2.63. The number of aliphatic imine (C=N–C) groups is 1. The second kappa shape index (κ2) is 9.48. The summed E-state index contributed by atoms with van der Waals surface area (Å²) in [7, 11) is 0. The van der Waals surface area contributed by atoms with E-state index in [1.807, 2.05) is 18.2 Å². The van der Waals surface area contributed by atoms with E-state index < -0.39 is 6.10 Å². The molecule has 1 fully saturated rings. The Labute approximate surface area is 148 Å². The predicted octanol–water partition coefficient (Wildman–Crippen LogP) is 3.05. The lowest BCUT2D eigenvalue weighted by Gasteiger charge is -2.21. The van der Waals surface area contributed by atoms with E-state index in [9.17, 15) is 5.11 Å². The van der Waals surface area contributed by atoms with E-state index in [-0.39, 0.29) is 24.0 Å². The van der Waals surface area contributed by atoms with Gasteiger partial charge in [0.2, 0.25) is 0 Å². The second-order valence-corrected chi connectivity index (χ2v) is 5.33. The molecule has 0 aliphatic carbocycles. The summed E-state index contributed by atoms with van der Waals surface area (Å²) in [6.45, 7) is 5.28. The number of benzene rings is 1. The van der Waals surface area contributed by atoms with Gasteiger partial charge in [-0.1, -0.05) is 29.8 Å². The zero-order valence-corrected chi connectivity index (χ0v) is 15.3. The van der Waals surface area contributed by atoms with Crippen molar-refractivity contribution in [2.75, 3.05) is 26.2 Å². The Morgan fingerprint density at radius 1 is 1.38 bits per heavy atom. The second-order valence-electron chi connectivity index (χ2n) is 4.93. The maximum Gasteiger partial charge on any atom is 0.194 e. The molecule has 0 aromatic heterocycles. The first kappa shape index (κ1) is 18.5. The van der Waals surface area contributed by atoms with Gasteiger partial charge in [0.1, 0.15) is 6.10 Å². The number of hydrogen-bond acceptors (Lipinski definition) is 2. The van der Waals surface area contributed by atoms with E-state index in [4.69, 9.17) is 11.6 Å². The smallest absolute Gasteiger partial charge is 0.194 e. The van der Waals surface area contributed by atoms with Crippen LogP contribution in [0.4, 0.5) is 0 Å². The molecule has 2 N–H and O–H groups in total. The van der Waals surface area contributed by atoms with Gasteiger partial charge in [0.05, 0.1) is 6.54 Å². The summed E-state index contributed by atoms with van der Waals surface area (Å²) in [6, 6.07) is 7.36. The summed E-state index contributed by atoms with van der Waals surface area (Å²) < 4.78 is 0. The van der Waals surface area contributed by atoms with Gasteiger partial charge in [-0.2, -0.15) is 0 Å². The topological polar surface area (TPSA) is 47.9 Å². The highest BCUT2D eigenvalue weighted by Crippen LogP contribution is 2.22. The lowest BCUT2D eigenvalue weighted by atomic mass is 10.1. The summed E-state index contributed by atoms with van der Waals surface area (Å²) >= 11 is 6.09. The van der Waals surface area contributed by atoms with Crippen molar-refractivity contribution in [3.05, 3.63) is 34.9 Å². The minimum atomic E-state index is -0.667. The molecule has 2 rings (SSSR count). The van der Waals surface area contributed by atoms with E-state index >= 15 is 0 Å². The number of nitrogens with one attached hydrogen (secondary N) is 1. The highest BCUT2D eigenvalue weighted by atomic mass is 127. The maximum absolute atomic E-state index is 10.2. The van der Waals surface area contributed by atoms with Gasteiger partial charge in [-0.05, 0) is 25.8 Å². The molecule has 21 heavy (non-hydrogen) atoms. The van der Waals surface area contributed by atoms with Crippen LogP contribution in [0, 0.1) is 0 Å². The van der Waals surface area contributed by atoms with Crippen LogP contribution < -0.4 is 5.32 Å². The first-order valence-electron chi connectivity index (χ1n) is 7.18. The van der Waals surface area contributed by atoms with Gasteiger partial charge in [-0.3, -0.25) is 4.99 Å². The summed E-state index contributed by atoms with van der Waals surface area (Å²) in [5.41, 5.74) is 0.732. The summed E-state index contributed by atoms with van der Waals surface area (Å²) in [5.74, 6) is 0.885. The minimum Gasteiger partial charge on any atom is -0.386 e. The van der Waals surface area contributed by atoms with Gasteiger partial charge in [-0.15, -0.1) is 24.0 Å². The van der Waals surface area contributed by atoms with E-state index in [1.54, 1.807) is 6.07 Å². The Balaban J connectivity index is 0.00000220. The number of likely N-dealkylation sites (tertiary alicyclic amines) is 1. The number of halogens is 2. The Hall–Kier alpha value is -0.530. The molecule has 6 heteroatoms. The third-order valence-corrected chi connectivity index (χ3v) is 3.76. The summed E-state index contributed by atoms with van der Waals surface area (Å²) in [5, 5.41) is 14.1. The highest BCUT2D eigenvalue weighted by Gasteiger charge is 2.17. The van der Waals surface area contributed by atoms with Crippen LogP contribution in [0.1, 0.15) is 31.4 Å². The summed E-state index contributed by atoms with van der Waals surface area (Å²) in [4.78, 5) is 6.77. The molecular formula is C15H23ClIN3O. The van der Waals surface area contributed by atoms with Crippen molar-refractivity contribution >= 4 is 41.5 Å². The van der Waals surface area contributed by atoms with Crippen molar-refractivity contribution in [2.24, 2.45) is 4.99 Å². The molecule has 0 radical (unpaired) electrons. The van der Waals surface area contributed by atoms with Crippen LogP contribution >= 0.6 is 35.6 Å². The Kier molecular flexibility index (Phi) is 8.36. The SMILES string of the molecule is CCNC(=NCC(O)c1ccccc1Cl)N1CCCC1.I. The molecule has 1 aromatic rings. The van der Waals surface area contributed by atoms with Gasteiger partial charge in [0, 0.05) is 30.2 Å². The fourth-order valence-electron chi connectivity index (χ4n) is 2.37. The van der Waals surface area contributed by atoms with E-state index in [0.717, 1.165) is 31.2 Å². The predicted molar refractivity (Wildman–Crippen MR) is 98.6 cm³/mol. The molecule has 4 nitrogen and oxygen atoms in total. The molecule has 0 saturated carbocycles. The Morgan fingerprint density at radius 3 is 2.67 bits per heavy atom. The monoisotopic (exact) mass is 423 g/mol. The highest BCUT2D eigenvalue weighted by molar-refractivity contribution is 14.0. The Morgan fingerprint density at radius 2 is 2.05 bits per heavy atom. The van der Waals surface area contributed by atoms with Crippen LogP contribution in [0.2, 0.25) is 5.02 Å². The van der Waals surface area contributed by atoms with Crippen LogP contribution in [0.5, 0.6) is 0 Å². The minimum absolute atomic E-state index is 0. The maximum atomic E-state index is 10.2. The number of rotatable bonds is 4. The van der Waals surface area contributed by atoms with Gasteiger partial charge in [0.15, 0.2) is 5.96 Å².